The molecule has 1 N–H and O–H groups in total. The topological polar surface area (TPSA) is 59.2 Å². The molecule has 0 bridgehead atoms. The molecule has 7 heteroatoms. The highest BCUT2D eigenvalue weighted by Gasteiger charge is 2.46. The standard InChI is InChI=1S/C15H15F3N2O2/c1-13(2)7-14(21,5-10-12(13)22-8-20-10)11-4-3-9(6-19-11)15(16,17)18/h3-4,6,8,21H,5,7H2,1-2H3. The van der Waals surface area contributed by atoms with Crippen LogP contribution in [-0.4, -0.2) is 15.1 Å². The van der Waals surface area contributed by atoms with E-state index in [1.165, 1.54) is 12.5 Å². The number of hydrogen-bond donors (Lipinski definition) is 1. The van der Waals surface area contributed by atoms with Crippen LogP contribution in [0.3, 0.4) is 0 Å². The number of hydrogen-bond acceptors (Lipinski definition) is 4. The Morgan fingerprint density at radius 2 is 1.95 bits per heavy atom. The zero-order chi connectivity index (χ0) is 16.2. The van der Waals surface area contributed by atoms with Crippen LogP contribution in [0.4, 0.5) is 13.2 Å². The molecule has 22 heavy (non-hydrogen) atoms. The molecule has 2 aromatic rings. The number of aromatic nitrogens is 2. The van der Waals surface area contributed by atoms with Crippen LogP contribution in [0.1, 0.15) is 43.0 Å². The number of rotatable bonds is 1. The van der Waals surface area contributed by atoms with Gasteiger partial charge < -0.3 is 9.52 Å². The van der Waals surface area contributed by atoms with Crippen molar-refractivity contribution in [3.8, 4) is 0 Å². The fraction of sp³-hybridized carbons (Fsp3) is 0.467. The van der Waals surface area contributed by atoms with Crippen molar-refractivity contribution in [1.29, 1.82) is 0 Å². The molecule has 1 atom stereocenters. The lowest BCUT2D eigenvalue weighted by atomic mass is 9.69. The highest BCUT2D eigenvalue weighted by molar-refractivity contribution is 5.30. The van der Waals surface area contributed by atoms with Crippen LogP contribution in [-0.2, 0) is 23.6 Å². The highest BCUT2D eigenvalue weighted by Crippen LogP contribution is 2.45. The Morgan fingerprint density at radius 3 is 2.55 bits per heavy atom. The Labute approximate surface area is 125 Å². The molecule has 1 unspecified atom stereocenters. The molecule has 0 radical (unpaired) electrons. The Morgan fingerprint density at radius 1 is 1.23 bits per heavy atom. The van der Waals surface area contributed by atoms with E-state index in [0.717, 1.165) is 12.3 Å². The normalized spacial score (nSPS) is 24.1. The second-order valence-corrected chi connectivity index (χ2v) is 6.33. The van der Waals surface area contributed by atoms with Crippen molar-refractivity contribution in [2.24, 2.45) is 0 Å². The molecular weight excluding hydrogens is 297 g/mol. The van der Waals surface area contributed by atoms with Crippen molar-refractivity contribution in [3.05, 3.63) is 47.4 Å². The Hall–Kier alpha value is -1.89. The van der Waals surface area contributed by atoms with Gasteiger partial charge in [0, 0.05) is 18.0 Å². The molecule has 1 aliphatic carbocycles. The monoisotopic (exact) mass is 312 g/mol. The molecule has 0 aliphatic heterocycles. The average molecular weight is 312 g/mol. The molecular formula is C15H15F3N2O2. The first-order chi connectivity index (χ1) is 10.1. The molecule has 3 rings (SSSR count). The lowest BCUT2D eigenvalue weighted by molar-refractivity contribution is -0.138. The molecule has 0 fully saturated rings. The van der Waals surface area contributed by atoms with E-state index >= 15 is 0 Å². The van der Waals surface area contributed by atoms with Crippen LogP contribution in [0.25, 0.3) is 0 Å². The summed E-state index contributed by atoms with van der Waals surface area (Å²) in [5, 5.41) is 10.9. The maximum absolute atomic E-state index is 12.6. The van der Waals surface area contributed by atoms with Gasteiger partial charge >= 0.3 is 6.18 Å². The molecule has 0 aromatic carbocycles. The van der Waals surface area contributed by atoms with E-state index in [-0.39, 0.29) is 12.1 Å². The Kier molecular flexibility index (Phi) is 3.11. The summed E-state index contributed by atoms with van der Waals surface area (Å²) in [4.78, 5) is 7.93. The molecule has 0 saturated carbocycles. The van der Waals surface area contributed by atoms with E-state index in [1.54, 1.807) is 0 Å². The first kappa shape index (κ1) is 15.0. The van der Waals surface area contributed by atoms with Gasteiger partial charge in [-0.3, -0.25) is 4.98 Å². The summed E-state index contributed by atoms with van der Waals surface area (Å²) in [5.74, 6) is 0.698. The first-order valence-electron chi connectivity index (χ1n) is 6.81. The van der Waals surface area contributed by atoms with Gasteiger partial charge in [-0.1, -0.05) is 13.8 Å². The molecule has 0 amide bonds. The van der Waals surface area contributed by atoms with Crippen molar-refractivity contribution in [3.63, 3.8) is 0 Å². The van der Waals surface area contributed by atoms with Gasteiger partial charge in [-0.05, 0) is 18.6 Å². The molecule has 0 spiro atoms. The molecule has 2 heterocycles. The van der Waals surface area contributed by atoms with Crippen LogP contribution < -0.4 is 0 Å². The third kappa shape index (κ3) is 2.39. The molecule has 0 saturated heterocycles. The van der Waals surface area contributed by atoms with Crippen molar-refractivity contribution in [1.82, 2.24) is 9.97 Å². The predicted octanol–water partition coefficient (Wildman–Crippen LogP) is 3.20. The molecule has 1 aliphatic rings. The fourth-order valence-electron chi connectivity index (χ4n) is 3.11. The van der Waals surface area contributed by atoms with Gasteiger partial charge in [-0.15, -0.1) is 0 Å². The van der Waals surface area contributed by atoms with Gasteiger partial charge in [0.15, 0.2) is 6.39 Å². The highest BCUT2D eigenvalue weighted by atomic mass is 19.4. The second kappa shape index (κ2) is 4.55. The second-order valence-electron chi connectivity index (χ2n) is 6.33. The molecule has 118 valence electrons. The van der Waals surface area contributed by atoms with Gasteiger partial charge in [-0.25, -0.2) is 4.98 Å². The lowest BCUT2D eigenvalue weighted by Crippen LogP contribution is -2.41. The minimum atomic E-state index is -4.45. The fourth-order valence-corrected chi connectivity index (χ4v) is 3.11. The summed E-state index contributed by atoms with van der Waals surface area (Å²) < 4.78 is 43.2. The van der Waals surface area contributed by atoms with Crippen LogP contribution in [0.15, 0.2) is 29.1 Å². The van der Waals surface area contributed by atoms with Gasteiger partial charge in [0.05, 0.1) is 17.0 Å². The quantitative estimate of drug-likeness (QED) is 0.878. The SMILES string of the molecule is CC1(C)CC(O)(c2ccc(C(F)(F)F)cn2)Cc2ncoc21. The summed E-state index contributed by atoms with van der Waals surface area (Å²) in [6.45, 7) is 3.79. The van der Waals surface area contributed by atoms with Gasteiger partial charge in [0.2, 0.25) is 0 Å². The molecule has 4 nitrogen and oxygen atoms in total. The van der Waals surface area contributed by atoms with Gasteiger partial charge in [-0.2, -0.15) is 13.2 Å². The van der Waals surface area contributed by atoms with Gasteiger partial charge in [0.25, 0.3) is 0 Å². The van der Waals surface area contributed by atoms with E-state index in [1.807, 2.05) is 13.8 Å². The predicted molar refractivity (Wildman–Crippen MR) is 71.0 cm³/mol. The Balaban J connectivity index is 1.98. The van der Waals surface area contributed by atoms with Gasteiger partial charge in [0.1, 0.15) is 11.4 Å². The Bertz CT molecular complexity index is 692. The smallest absolute Gasteiger partial charge is 0.417 e. The molecule has 2 aromatic heterocycles. The van der Waals surface area contributed by atoms with Crippen LogP contribution in [0, 0.1) is 0 Å². The lowest BCUT2D eigenvalue weighted by Gasteiger charge is -2.39. The number of halogens is 3. The minimum absolute atomic E-state index is 0.167. The summed E-state index contributed by atoms with van der Waals surface area (Å²) in [5.41, 5.74) is -1.86. The van der Waals surface area contributed by atoms with E-state index in [2.05, 4.69) is 9.97 Å². The number of fused-ring (bicyclic) bond motifs is 1. The van der Waals surface area contributed by atoms with Crippen LogP contribution >= 0.6 is 0 Å². The van der Waals surface area contributed by atoms with Crippen molar-refractivity contribution in [2.75, 3.05) is 0 Å². The number of oxazole rings is 1. The maximum Gasteiger partial charge on any atom is 0.417 e. The summed E-state index contributed by atoms with van der Waals surface area (Å²) >= 11 is 0. The van der Waals surface area contributed by atoms with E-state index in [4.69, 9.17) is 4.42 Å². The van der Waals surface area contributed by atoms with Crippen LogP contribution in [0.2, 0.25) is 0 Å². The first-order valence-corrected chi connectivity index (χ1v) is 6.81. The number of pyridine rings is 1. The third-order valence-corrected chi connectivity index (χ3v) is 4.02. The third-order valence-electron chi connectivity index (χ3n) is 4.02. The zero-order valence-corrected chi connectivity index (χ0v) is 12.1. The largest absolute Gasteiger partial charge is 0.448 e. The number of nitrogens with zero attached hydrogens (tertiary/aromatic N) is 2. The van der Waals surface area contributed by atoms with E-state index in [0.29, 0.717) is 17.9 Å². The summed E-state index contributed by atoms with van der Waals surface area (Å²) in [6.07, 6.45) is -1.92. The minimum Gasteiger partial charge on any atom is -0.448 e. The summed E-state index contributed by atoms with van der Waals surface area (Å²) in [6, 6.07) is 2.16. The average Bonchev–Trinajstić information content (AvgIpc) is 2.86. The maximum atomic E-state index is 12.6. The van der Waals surface area contributed by atoms with E-state index < -0.39 is 22.8 Å². The van der Waals surface area contributed by atoms with Crippen molar-refractivity contribution in [2.45, 2.75) is 43.9 Å². The summed E-state index contributed by atoms with van der Waals surface area (Å²) in [7, 11) is 0. The zero-order valence-electron chi connectivity index (χ0n) is 12.1. The number of aliphatic hydroxyl groups is 1. The van der Waals surface area contributed by atoms with Crippen molar-refractivity contribution >= 4 is 0 Å². The number of alkyl halides is 3. The van der Waals surface area contributed by atoms with E-state index in [9.17, 15) is 18.3 Å². The van der Waals surface area contributed by atoms with Crippen molar-refractivity contribution < 1.29 is 22.7 Å². The van der Waals surface area contributed by atoms with Crippen LogP contribution in [0.5, 0.6) is 0 Å².